The molecular formula is C26H31N7. The number of fused-ring (bicyclic) bond motifs is 2. The van der Waals surface area contributed by atoms with Crippen LogP contribution in [0.25, 0.3) is 16.9 Å². The van der Waals surface area contributed by atoms with Crippen molar-refractivity contribution < 1.29 is 0 Å². The van der Waals surface area contributed by atoms with Crippen LogP contribution in [0.4, 0.5) is 5.82 Å². The predicted octanol–water partition coefficient (Wildman–Crippen LogP) is 3.07. The zero-order valence-corrected chi connectivity index (χ0v) is 19.1. The van der Waals surface area contributed by atoms with Gasteiger partial charge in [0.05, 0.1) is 11.2 Å². The van der Waals surface area contributed by atoms with E-state index in [0.717, 1.165) is 67.3 Å². The molecule has 2 aromatic carbocycles. The number of rotatable bonds is 8. The van der Waals surface area contributed by atoms with Crippen LogP contribution in [0.3, 0.4) is 0 Å². The molecule has 0 radical (unpaired) electrons. The lowest BCUT2D eigenvalue weighted by atomic mass is 10.1. The average molecular weight is 442 g/mol. The molecule has 170 valence electrons. The highest BCUT2D eigenvalue weighted by Gasteiger charge is 2.23. The zero-order valence-electron chi connectivity index (χ0n) is 19.1. The van der Waals surface area contributed by atoms with Gasteiger partial charge in [0.1, 0.15) is 5.82 Å². The van der Waals surface area contributed by atoms with Crippen LogP contribution in [-0.2, 0) is 26.1 Å². The fourth-order valence-corrected chi connectivity index (χ4v) is 4.56. The Kier molecular flexibility index (Phi) is 6.35. The number of aromatic nitrogens is 3. The molecule has 0 amide bonds. The van der Waals surface area contributed by atoms with Crippen molar-refractivity contribution in [3.8, 4) is 5.95 Å². The van der Waals surface area contributed by atoms with Crippen molar-refractivity contribution in [3.05, 3.63) is 83.2 Å². The zero-order chi connectivity index (χ0) is 22.6. The monoisotopic (exact) mass is 441 g/mol. The van der Waals surface area contributed by atoms with E-state index in [2.05, 4.69) is 62.6 Å². The summed E-state index contributed by atoms with van der Waals surface area (Å²) in [6.07, 6.45) is 0.937. The van der Waals surface area contributed by atoms with Crippen LogP contribution in [0, 0.1) is 0 Å². The quantitative estimate of drug-likeness (QED) is 0.390. The molecule has 0 bridgehead atoms. The normalized spacial score (nSPS) is 13.9. The number of nitrogens with one attached hydrogen (secondary N) is 2. The van der Waals surface area contributed by atoms with Gasteiger partial charge in [-0.05, 0) is 31.2 Å². The summed E-state index contributed by atoms with van der Waals surface area (Å²) in [6, 6.07) is 20.9. The second-order valence-corrected chi connectivity index (χ2v) is 8.50. The molecule has 0 fully saturated rings. The van der Waals surface area contributed by atoms with Gasteiger partial charge in [0.2, 0.25) is 5.95 Å². The van der Waals surface area contributed by atoms with Gasteiger partial charge in [0.25, 0.3) is 0 Å². The molecule has 7 heteroatoms. The van der Waals surface area contributed by atoms with Crippen LogP contribution in [0.15, 0.2) is 60.7 Å². The molecule has 0 saturated heterocycles. The maximum Gasteiger partial charge on any atom is 0.236 e. The van der Waals surface area contributed by atoms with Crippen LogP contribution >= 0.6 is 0 Å². The molecule has 7 nitrogen and oxygen atoms in total. The molecule has 3 heterocycles. The highest BCUT2D eigenvalue weighted by Crippen LogP contribution is 2.28. The smallest absolute Gasteiger partial charge is 0.236 e. The van der Waals surface area contributed by atoms with Gasteiger partial charge in [-0.2, -0.15) is 4.98 Å². The summed E-state index contributed by atoms with van der Waals surface area (Å²) in [7, 11) is 2.00. The van der Waals surface area contributed by atoms with E-state index in [1.807, 2.05) is 25.2 Å². The summed E-state index contributed by atoms with van der Waals surface area (Å²) < 4.78 is 2.11. The van der Waals surface area contributed by atoms with Crippen molar-refractivity contribution in [2.75, 3.05) is 32.0 Å². The van der Waals surface area contributed by atoms with Crippen molar-refractivity contribution in [1.29, 1.82) is 0 Å². The molecule has 0 spiro atoms. The molecule has 0 unspecified atom stereocenters. The molecule has 0 atom stereocenters. The Balaban J connectivity index is 1.57. The van der Waals surface area contributed by atoms with Gasteiger partial charge in [-0.15, -0.1) is 0 Å². The summed E-state index contributed by atoms with van der Waals surface area (Å²) >= 11 is 0. The van der Waals surface area contributed by atoms with Gasteiger partial charge in [0.15, 0.2) is 0 Å². The third kappa shape index (κ3) is 4.48. The van der Waals surface area contributed by atoms with E-state index < -0.39 is 0 Å². The average Bonchev–Trinajstić information content (AvgIpc) is 3.25. The van der Waals surface area contributed by atoms with E-state index in [-0.39, 0.29) is 0 Å². The lowest BCUT2D eigenvalue weighted by molar-refractivity contribution is 0.252. The van der Waals surface area contributed by atoms with E-state index in [9.17, 15) is 0 Å². The van der Waals surface area contributed by atoms with E-state index >= 15 is 0 Å². The lowest BCUT2D eigenvalue weighted by Gasteiger charge is -2.29. The number of anilines is 1. The number of likely N-dealkylation sites (N-methyl/N-ethyl adjacent to an activating group) is 1. The third-order valence-electron chi connectivity index (χ3n) is 6.31. The Labute approximate surface area is 194 Å². The molecule has 33 heavy (non-hydrogen) atoms. The largest absolute Gasteiger partial charge is 0.366 e. The minimum atomic E-state index is 0.427. The van der Waals surface area contributed by atoms with Crippen LogP contribution < -0.4 is 16.4 Å². The van der Waals surface area contributed by atoms with Crippen molar-refractivity contribution >= 4 is 16.7 Å². The predicted molar refractivity (Wildman–Crippen MR) is 133 cm³/mol. The summed E-state index contributed by atoms with van der Waals surface area (Å²) in [5, 5.41) is 8.01. The number of hydrogen-bond donors (Lipinski definition) is 3. The molecule has 1 aliphatic rings. The van der Waals surface area contributed by atoms with Crippen LogP contribution in [0.5, 0.6) is 0 Å². The highest BCUT2D eigenvalue weighted by molar-refractivity contribution is 5.82. The molecule has 4 aromatic rings. The molecule has 0 aliphatic carbocycles. The van der Waals surface area contributed by atoms with Gasteiger partial charge < -0.3 is 16.4 Å². The lowest BCUT2D eigenvalue weighted by Crippen LogP contribution is -2.36. The van der Waals surface area contributed by atoms with E-state index in [0.29, 0.717) is 12.5 Å². The first kappa shape index (κ1) is 21.6. The number of para-hydroxylation sites is 1. The molecule has 0 saturated carbocycles. The van der Waals surface area contributed by atoms with Crippen LogP contribution in [0.1, 0.15) is 22.5 Å². The van der Waals surface area contributed by atoms with Crippen LogP contribution in [-0.4, -0.2) is 46.1 Å². The molecule has 5 rings (SSSR count). The van der Waals surface area contributed by atoms with E-state index in [1.54, 1.807) is 0 Å². The minimum Gasteiger partial charge on any atom is -0.366 e. The molecular weight excluding hydrogens is 410 g/mol. The standard InChI is InChI=1S/C26H31N7/c1-28-12-14-32-13-11-22-23(18-32)30-26(31-25(22)29-17-19-7-3-2-4-8-19)33-21(16-27)15-20-9-5-6-10-24(20)33/h2-10,15,28H,11-14,16-18,27H2,1H3,(H,29,30,31). The Morgan fingerprint density at radius 3 is 2.67 bits per heavy atom. The first-order valence-electron chi connectivity index (χ1n) is 11.6. The molecule has 1 aliphatic heterocycles. The summed E-state index contributed by atoms with van der Waals surface area (Å²) in [6.45, 7) is 4.95. The molecule has 4 N–H and O–H groups in total. The van der Waals surface area contributed by atoms with Crippen LogP contribution in [0.2, 0.25) is 0 Å². The second kappa shape index (κ2) is 9.70. The number of hydrogen-bond acceptors (Lipinski definition) is 6. The number of nitrogens with two attached hydrogens (primary N) is 1. The van der Waals surface area contributed by atoms with Gasteiger partial charge >= 0.3 is 0 Å². The summed E-state index contributed by atoms with van der Waals surface area (Å²) in [5.41, 5.74) is 11.8. The topological polar surface area (TPSA) is 84.0 Å². The number of nitrogens with zero attached hydrogens (tertiary/aromatic N) is 4. The minimum absolute atomic E-state index is 0.427. The van der Waals surface area contributed by atoms with Crippen molar-refractivity contribution in [2.24, 2.45) is 5.73 Å². The second-order valence-electron chi connectivity index (χ2n) is 8.50. The summed E-state index contributed by atoms with van der Waals surface area (Å²) in [5.74, 6) is 1.61. The SMILES string of the molecule is CNCCN1CCc2c(nc(-n3c(CN)cc4ccccc43)nc2NCc2ccccc2)C1. The van der Waals surface area contributed by atoms with Crippen molar-refractivity contribution in [3.63, 3.8) is 0 Å². The first-order chi connectivity index (χ1) is 16.3. The highest BCUT2D eigenvalue weighted by atomic mass is 15.2. The fourth-order valence-electron chi connectivity index (χ4n) is 4.56. The van der Waals surface area contributed by atoms with Gasteiger partial charge in [0, 0.05) is 55.9 Å². The number of benzene rings is 2. The van der Waals surface area contributed by atoms with Crippen molar-refractivity contribution in [2.45, 2.75) is 26.1 Å². The fraction of sp³-hybridized carbons (Fsp3) is 0.308. The Morgan fingerprint density at radius 1 is 1.03 bits per heavy atom. The van der Waals surface area contributed by atoms with E-state index in [1.165, 1.54) is 11.1 Å². The Bertz CT molecular complexity index is 1230. The maximum atomic E-state index is 6.13. The third-order valence-corrected chi connectivity index (χ3v) is 6.31. The Morgan fingerprint density at radius 2 is 1.85 bits per heavy atom. The van der Waals surface area contributed by atoms with Gasteiger partial charge in [-0.25, -0.2) is 4.98 Å². The molecule has 2 aromatic heterocycles. The van der Waals surface area contributed by atoms with Gasteiger partial charge in [-0.1, -0.05) is 48.5 Å². The first-order valence-corrected chi connectivity index (χ1v) is 11.6. The van der Waals surface area contributed by atoms with Gasteiger partial charge in [-0.3, -0.25) is 9.47 Å². The maximum absolute atomic E-state index is 6.13. The summed E-state index contributed by atoms with van der Waals surface area (Å²) in [4.78, 5) is 12.6. The van der Waals surface area contributed by atoms with E-state index in [4.69, 9.17) is 15.7 Å². The Hall–Kier alpha value is -3.26. The van der Waals surface area contributed by atoms with Crippen molar-refractivity contribution in [1.82, 2.24) is 24.8 Å².